The summed E-state index contributed by atoms with van der Waals surface area (Å²) < 4.78 is 10.5. The summed E-state index contributed by atoms with van der Waals surface area (Å²) in [5.41, 5.74) is 1.88. The molecule has 8 nitrogen and oxygen atoms in total. The largest absolute Gasteiger partial charge is 0.507 e. The second-order valence-corrected chi connectivity index (χ2v) is 8.61. The molecular weight excluding hydrogens is 460 g/mol. The average Bonchev–Trinajstić information content (AvgIpc) is 3.14. The summed E-state index contributed by atoms with van der Waals surface area (Å²) in [5, 5.41) is 11.3. The van der Waals surface area contributed by atoms with Crippen LogP contribution in [-0.2, 0) is 14.3 Å². The maximum atomic E-state index is 13.3. The predicted octanol–water partition coefficient (Wildman–Crippen LogP) is 4.59. The number of pyridine rings is 1. The molecule has 1 aromatic heterocycles. The van der Waals surface area contributed by atoms with Crippen LogP contribution in [0.3, 0.4) is 0 Å². The van der Waals surface area contributed by atoms with Gasteiger partial charge >= 0.3 is 5.97 Å². The van der Waals surface area contributed by atoms with Crippen molar-refractivity contribution in [2.24, 2.45) is 0 Å². The van der Waals surface area contributed by atoms with Crippen LogP contribution in [-0.4, -0.2) is 41.0 Å². The minimum atomic E-state index is -1.01. The van der Waals surface area contributed by atoms with Crippen LogP contribution < -0.4 is 9.64 Å². The quantitative estimate of drug-likeness (QED) is 0.235. The first kappa shape index (κ1) is 24.7. The van der Waals surface area contributed by atoms with Gasteiger partial charge in [-0.05, 0) is 74.9 Å². The van der Waals surface area contributed by atoms with Gasteiger partial charge in [0.25, 0.3) is 11.7 Å². The highest BCUT2D eigenvalue weighted by atomic mass is 16.5. The molecule has 4 rings (SSSR count). The van der Waals surface area contributed by atoms with Crippen LogP contribution in [0.15, 0.2) is 72.4 Å². The normalized spacial score (nSPS) is 16.9. The smallest absolute Gasteiger partial charge is 0.338 e. The van der Waals surface area contributed by atoms with E-state index in [1.54, 1.807) is 81.6 Å². The highest BCUT2D eigenvalue weighted by Gasteiger charge is 2.47. The van der Waals surface area contributed by atoms with Crippen LogP contribution in [0, 0.1) is 6.92 Å². The molecule has 1 fully saturated rings. The number of methoxy groups -OCH3 is 1. The molecule has 0 spiro atoms. The molecule has 1 aliphatic heterocycles. The van der Waals surface area contributed by atoms with E-state index in [-0.39, 0.29) is 23.0 Å². The Morgan fingerprint density at radius 2 is 1.83 bits per heavy atom. The number of hydrogen-bond donors (Lipinski definition) is 1. The molecule has 1 unspecified atom stereocenters. The number of rotatable bonds is 6. The van der Waals surface area contributed by atoms with Gasteiger partial charge in [0.1, 0.15) is 17.6 Å². The number of benzene rings is 2. The standard InChI is InChI=1S/C28H26N2O6/c1-16(2)36-28(34)18-8-7-9-19(15-18)30-24(22-10-5-6-13-29-22)23(26(32)27(30)33)25(31)21-12-11-20(35-4)14-17(21)3/h5-16,24,31H,1-4H3/b25-23-. The number of anilines is 1. The van der Waals surface area contributed by atoms with E-state index < -0.39 is 23.7 Å². The van der Waals surface area contributed by atoms with Crippen molar-refractivity contribution >= 4 is 29.1 Å². The fourth-order valence-corrected chi connectivity index (χ4v) is 4.16. The van der Waals surface area contributed by atoms with Gasteiger partial charge in [-0.1, -0.05) is 12.1 Å². The fourth-order valence-electron chi connectivity index (χ4n) is 4.16. The van der Waals surface area contributed by atoms with E-state index in [0.717, 1.165) is 0 Å². The van der Waals surface area contributed by atoms with Crippen molar-refractivity contribution in [1.82, 2.24) is 4.98 Å². The van der Waals surface area contributed by atoms with Crippen molar-refractivity contribution in [3.63, 3.8) is 0 Å². The number of amides is 1. The zero-order valence-electron chi connectivity index (χ0n) is 20.4. The lowest BCUT2D eigenvalue weighted by Gasteiger charge is -2.25. The molecule has 3 aromatic rings. The van der Waals surface area contributed by atoms with Crippen LogP contribution in [0.5, 0.6) is 5.75 Å². The lowest BCUT2D eigenvalue weighted by Crippen LogP contribution is -2.30. The van der Waals surface area contributed by atoms with E-state index in [1.807, 2.05) is 0 Å². The first-order chi connectivity index (χ1) is 17.2. The van der Waals surface area contributed by atoms with E-state index in [0.29, 0.717) is 28.3 Å². The highest BCUT2D eigenvalue weighted by Crippen LogP contribution is 2.42. The van der Waals surface area contributed by atoms with Crippen molar-refractivity contribution in [2.75, 3.05) is 12.0 Å². The van der Waals surface area contributed by atoms with Crippen molar-refractivity contribution in [3.05, 3.63) is 94.8 Å². The van der Waals surface area contributed by atoms with E-state index in [9.17, 15) is 19.5 Å². The number of Topliss-reactive ketones (excluding diaryl/α,β-unsaturated/α-hetero) is 1. The minimum absolute atomic E-state index is 0.0953. The topological polar surface area (TPSA) is 106 Å². The predicted molar refractivity (Wildman–Crippen MR) is 134 cm³/mol. The number of ketones is 1. The molecule has 0 aliphatic carbocycles. The molecule has 36 heavy (non-hydrogen) atoms. The molecule has 1 amide bonds. The number of carbonyl (C=O) groups is 3. The first-order valence-corrected chi connectivity index (χ1v) is 11.4. The number of nitrogens with zero attached hydrogens (tertiary/aromatic N) is 2. The Morgan fingerprint density at radius 3 is 2.47 bits per heavy atom. The zero-order chi connectivity index (χ0) is 26.0. The maximum Gasteiger partial charge on any atom is 0.338 e. The second kappa shape index (κ2) is 10.0. The Hall–Kier alpha value is -4.46. The number of esters is 1. The van der Waals surface area contributed by atoms with Gasteiger partial charge in [-0.15, -0.1) is 0 Å². The highest BCUT2D eigenvalue weighted by molar-refractivity contribution is 6.51. The number of aryl methyl sites for hydroxylation is 1. The molecule has 2 heterocycles. The molecule has 1 saturated heterocycles. The van der Waals surface area contributed by atoms with Gasteiger partial charge in [0.05, 0.1) is 30.0 Å². The van der Waals surface area contributed by atoms with Crippen molar-refractivity contribution < 1.29 is 29.0 Å². The summed E-state index contributed by atoms with van der Waals surface area (Å²) in [6.45, 7) is 5.25. The van der Waals surface area contributed by atoms with Crippen LogP contribution in [0.25, 0.3) is 5.76 Å². The molecule has 1 atom stereocenters. The number of aliphatic hydroxyl groups excluding tert-OH is 1. The molecular formula is C28H26N2O6. The number of aromatic nitrogens is 1. The van der Waals surface area contributed by atoms with E-state index in [1.165, 1.54) is 18.1 Å². The average molecular weight is 487 g/mol. The summed E-state index contributed by atoms with van der Waals surface area (Å²) in [6, 6.07) is 15.4. The lowest BCUT2D eigenvalue weighted by molar-refractivity contribution is -0.132. The third-order valence-corrected chi connectivity index (χ3v) is 5.80. The summed E-state index contributed by atoms with van der Waals surface area (Å²) in [7, 11) is 1.53. The van der Waals surface area contributed by atoms with Gasteiger partial charge in [-0.25, -0.2) is 4.79 Å². The van der Waals surface area contributed by atoms with E-state index >= 15 is 0 Å². The van der Waals surface area contributed by atoms with E-state index in [2.05, 4.69) is 4.98 Å². The third-order valence-electron chi connectivity index (χ3n) is 5.80. The SMILES string of the molecule is COc1ccc(/C(O)=C2/C(=O)C(=O)N(c3cccc(C(=O)OC(C)C)c3)C2c2ccccn2)c(C)c1. The van der Waals surface area contributed by atoms with Gasteiger partial charge in [0.2, 0.25) is 0 Å². The molecule has 1 N–H and O–H groups in total. The number of ether oxygens (including phenoxy) is 2. The van der Waals surface area contributed by atoms with Crippen molar-refractivity contribution in [3.8, 4) is 5.75 Å². The number of carbonyl (C=O) groups excluding carboxylic acids is 3. The van der Waals surface area contributed by atoms with Gasteiger partial charge in [-0.2, -0.15) is 0 Å². The first-order valence-electron chi connectivity index (χ1n) is 11.4. The van der Waals surface area contributed by atoms with Crippen LogP contribution >= 0.6 is 0 Å². The van der Waals surface area contributed by atoms with Gasteiger partial charge < -0.3 is 14.6 Å². The molecule has 0 saturated carbocycles. The van der Waals surface area contributed by atoms with Gasteiger partial charge in [-0.3, -0.25) is 19.5 Å². The summed E-state index contributed by atoms with van der Waals surface area (Å²) in [5.74, 6) is -1.97. The third kappa shape index (κ3) is 4.57. The Bertz CT molecular complexity index is 1360. The molecule has 1 aliphatic rings. The molecule has 0 radical (unpaired) electrons. The van der Waals surface area contributed by atoms with E-state index in [4.69, 9.17) is 9.47 Å². The Morgan fingerprint density at radius 1 is 1.06 bits per heavy atom. The fraction of sp³-hybridized carbons (Fsp3) is 0.214. The summed E-state index contributed by atoms with van der Waals surface area (Å²) in [6.07, 6.45) is 1.22. The van der Waals surface area contributed by atoms with Crippen molar-refractivity contribution in [2.45, 2.75) is 32.9 Å². The molecule has 8 heteroatoms. The van der Waals surface area contributed by atoms with Crippen LogP contribution in [0.1, 0.15) is 47.1 Å². The number of aliphatic hydroxyl groups is 1. The van der Waals surface area contributed by atoms with Crippen LogP contribution in [0.2, 0.25) is 0 Å². The second-order valence-electron chi connectivity index (χ2n) is 8.61. The summed E-state index contributed by atoms with van der Waals surface area (Å²) >= 11 is 0. The number of hydrogen-bond acceptors (Lipinski definition) is 7. The minimum Gasteiger partial charge on any atom is -0.507 e. The molecule has 184 valence electrons. The Balaban J connectivity index is 1.89. The van der Waals surface area contributed by atoms with Gasteiger partial charge in [0.15, 0.2) is 0 Å². The zero-order valence-corrected chi connectivity index (χ0v) is 20.4. The molecule has 2 aromatic carbocycles. The Kier molecular flexibility index (Phi) is 6.87. The summed E-state index contributed by atoms with van der Waals surface area (Å²) in [4.78, 5) is 44.8. The van der Waals surface area contributed by atoms with Crippen molar-refractivity contribution in [1.29, 1.82) is 0 Å². The molecule has 0 bridgehead atoms. The lowest BCUT2D eigenvalue weighted by atomic mass is 9.96. The van der Waals surface area contributed by atoms with Gasteiger partial charge in [0, 0.05) is 17.4 Å². The van der Waals surface area contributed by atoms with Crippen LogP contribution in [0.4, 0.5) is 5.69 Å². The maximum absolute atomic E-state index is 13.3. The monoisotopic (exact) mass is 486 g/mol. The Labute approximate surface area is 208 Å².